The minimum absolute atomic E-state index is 0. The van der Waals surface area contributed by atoms with Crippen molar-refractivity contribution in [2.24, 2.45) is 17.8 Å². The van der Waals surface area contributed by atoms with Crippen molar-refractivity contribution in [1.29, 1.82) is 0 Å². The van der Waals surface area contributed by atoms with Gasteiger partial charge in [0.2, 0.25) is 5.91 Å². The van der Waals surface area contributed by atoms with Crippen LogP contribution in [0.15, 0.2) is 0 Å². The average molecular weight is 317 g/mol. The quantitative estimate of drug-likeness (QED) is 0.866. The molecule has 122 valence electrons. The number of rotatable bonds is 3. The number of amides is 1. The van der Waals surface area contributed by atoms with Crippen LogP contribution in [-0.2, 0) is 9.53 Å². The van der Waals surface area contributed by atoms with Gasteiger partial charge in [-0.15, -0.1) is 12.4 Å². The molecule has 4 nitrogen and oxygen atoms in total. The first kappa shape index (κ1) is 17.0. The van der Waals surface area contributed by atoms with Crippen molar-refractivity contribution >= 4 is 18.3 Å². The number of likely N-dealkylation sites (tertiary alicyclic amines) is 1. The Morgan fingerprint density at radius 2 is 1.67 bits per heavy atom. The maximum atomic E-state index is 12.4. The highest BCUT2D eigenvalue weighted by Gasteiger charge is 2.31. The van der Waals surface area contributed by atoms with Crippen LogP contribution in [0, 0.1) is 17.8 Å². The van der Waals surface area contributed by atoms with E-state index in [1.807, 2.05) is 0 Å². The Kier molecular flexibility index (Phi) is 6.77. The van der Waals surface area contributed by atoms with Crippen LogP contribution in [0.2, 0.25) is 0 Å². The van der Waals surface area contributed by atoms with Gasteiger partial charge < -0.3 is 15.0 Å². The summed E-state index contributed by atoms with van der Waals surface area (Å²) < 4.78 is 5.38. The lowest BCUT2D eigenvalue weighted by Crippen LogP contribution is -2.33. The summed E-state index contributed by atoms with van der Waals surface area (Å²) in [7, 11) is 0. The Labute approximate surface area is 134 Å². The second-order valence-corrected chi connectivity index (χ2v) is 6.73. The minimum atomic E-state index is 0. The number of nitrogens with zero attached hydrogens (tertiary/aromatic N) is 1. The van der Waals surface area contributed by atoms with E-state index in [9.17, 15) is 4.79 Å². The van der Waals surface area contributed by atoms with Gasteiger partial charge in [0.15, 0.2) is 0 Å². The van der Waals surface area contributed by atoms with Crippen molar-refractivity contribution in [3.63, 3.8) is 0 Å². The molecule has 3 aliphatic rings. The van der Waals surface area contributed by atoms with E-state index in [0.717, 1.165) is 76.9 Å². The van der Waals surface area contributed by atoms with Crippen LogP contribution in [0.4, 0.5) is 0 Å². The Balaban J connectivity index is 0.00000161. The van der Waals surface area contributed by atoms with E-state index in [0.29, 0.717) is 11.8 Å². The molecule has 0 bridgehead atoms. The van der Waals surface area contributed by atoms with Crippen LogP contribution in [-0.4, -0.2) is 50.2 Å². The van der Waals surface area contributed by atoms with Crippen molar-refractivity contribution in [1.82, 2.24) is 10.2 Å². The molecule has 0 aromatic heterocycles. The Morgan fingerprint density at radius 1 is 1.05 bits per heavy atom. The molecule has 21 heavy (non-hydrogen) atoms. The molecular weight excluding hydrogens is 288 g/mol. The summed E-state index contributed by atoms with van der Waals surface area (Å²) in [6.07, 6.45) is 6.49. The normalized spacial score (nSPS) is 30.4. The summed E-state index contributed by atoms with van der Waals surface area (Å²) in [5, 5.41) is 3.49. The van der Waals surface area contributed by atoms with E-state index >= 15 is 0 Å². The largest absolute Gasteiger partial charge is 0.381 e. The second kappa shape index (κ2) is 8.35. The Bertz CT molecular complexity index is 320. The number of hydrogen-bond acceptors (Lipinski definition) is 3. The van der Waals surface area contributed by atoms with E-state index in [4.69, 9.17) is 4.74 Å². The van der Waals surface area contributed by atoms with Crippen molar-refractivity contribution in [2.45, 2.75) is 38.5 Å². The summed E-state index contributed by atoms with van der Waals surface area (Å²) in [4.78, 5) is 14.5. The van der Waals surface area contributed by atoms with Gasteiger partial charge in [0.25, 0.3) is 0 Å². The molecule has 0 radical (unpaired) electrons. The van der Waals surface area contributed by atoms with Gasteiger partial charge >= 0.3 is 0 Å². The molecule has 0 aliphatic carbocycles. The smallest absolute Gasteiger partial charge is 0.222 e. The molecule has 0 spiro atoms. The fourth-order valence-electron chi connectivity index (χ4n) is 3.99. The highest BCUT2D eigenvalue weighted by atomic mass is 35.5. The average Bonchev–Trinajstić information content (AvgIpc) is 2.84. The third kappa shape index (κ3) is 4.57. The molecule has 3 rings (SSSR count). The standard InChI is InChI=1S/C16H28N2O2.ClH/c19-16(2-1-13-5-9-20-10-6-13)18-7-3-14-11-17-12-15(14)4-8-18;/h13-15,17H,1-12H2;1H/t14-,15+;. The van der Waals surface area contributed by atoms with Gasteiger partial charge in [-0.05, 0) is 62.9 Å². The van der Waals surface area contributed by atoms with Gasteiger partial charge in [-0.25, -0.2) is 0 Å². The van der Waals surface area contributed by atoms with E-state index in [1.54, 1.807) is 0 Å². The fraction of sp³-hybridized carbons (Fsp3) is 0.938. The zero-order valence-corrected chi connectivity index (χ0v) is 13.7. The number of hydrogen-bond donors (Lipinski definition) is 1. The van der Waals surface area contributed by atoms with E-state index in [1.165, 1.54) is 12.8 Å². The first-order valence-electron chi connectivity index (χ1n) is 8.39. The summed E-state index contributed by atoms with van der Waals surface area (Å²) in [5.74, 6) is 2.72. The van der Waals surface area contributed by atoms with E-state index in [-0.39, 0.29) is 12.4 Å². The lowest BCUT2D eigenvalue weighted by Gasteiger charge is -2.24. The lowest BCUT2D eigenvalue weighted by molar-refractivity contribution is -0.131. The molecular formula is C16H29ClN2O2. The molecule has 0 aromatic carbocycles. The van der Waals surface area contributed by atoms with Crippen molar-refractivity contribution < 1.29 is 9.53 Å². The number of carbonyl (C=O) groups excluding carboxylic acids is 1. The van der Waals surface area contributed by atoms with Crippen molar-refractivity contribution in [3.8, 4) is 0 Å². The summed E-state index contributed by atoms with van der Waals surface area (Å²) in [6.45, 7) is 6.06. The number of carbonyl (C=O) groups is 1. The van der Waals surface area contributed by atoms with Crippen LogP contribution >= 0.6 is 12.4 Å². The molecule has 3 heterocycles. The zero-order chi connectivity index (χ0) is 13.8. The molecule has 0 aromatic rings. The lowest BCUT2D eigenvalue weighted by atomic mass is 9.92. The van der Waals surface area contributed by atoms with E-state index < -0.39 is 0 Å². The third-order valence-corrected chi connectivity index (χ3v) is 5.48. The molecule has 3 aliphatic heterocycles. The number of halogens is 1. The van der Waals surface area contributed by atoms with Gasteiger partial charge in [0.1, 0.15) is 0 Å². The number of nitrogens with one attached hydrogen (secondary N) is 1. The molecule has 1 N–H and O–H groups in total. The first-order chi connectivity index (χ1) is 9.83. The zero-order valence-electron chi connectivity index (χ0n) is 12.9. The Morgan fingerprint density at radius 3 is 2.29 bits per heavy atom. The number of fused-ring (bicyclic) bond motifs is 1. The summed E-state index contributed by atoms with van der Waals surface area (Å²) >= 11 is 0. The van der Waals surface area contributed by atoms with Gasteiger partial charge in [0, 0.05) is 32.7 Å². The fourth-order valence-corrected chi connectivity index (χ4v) is 3.99. The molecule has 3 fully saturated rings. The molecule has 5 heteroatoms. The molecule has 3 saturated heterocycles. The topological polar surface area (TPSA) is 41.6 Å². The highest BCUT2D eigenvalue weighted by Crippen LogP contribution is 2.28. The van der Waals surface area contributed by atoms with Gasteiger partial charge in [0.05, 0.1) is 0 Å². The van der Waals surface area contributed by atoms with Gasteiger partial charge in [-0.1, -0.05) is 0 Å². The van der Waals surface area contributed by atoms with Crippen LogP contribution in [0.1, 0.15) is 38.5 Å². The SMILES string of the molecule is Cl.O=C(CCC1CCOCC1)N1CC[C@@H]2CNC[C@@H]2CC1. The van der Waals surface area contributed by atoms with Crippen molar-refractivity contribution in [2.75, 3.05) is 39.4 Å². The van der Waals surface area contributed by atoms with Crippen LogP contribution in [0.5, 0.6) is 0 Å². The van der Waals surface area contributed by atoms with Crippen molar-refractivity contribution in [3.05, 3.63) is 0 Å². The molecule has 0 saturated carbocycles. The predicted molar refractivity (Wildman–Crippen MR) is 85.7 cm³/mol. The second-order valence-electron chi connectivity index (χ2n) is 6.73. The number of ether oxygens (including phenoxy) is 1. The third-order valence-electron chi connectivity index (χ3n) is 5.48. The summed E-state index contributed by atoms with van der Waals surface area (Å²) in [6, 6.07) is 0. The highest BCUT2D eigenvalue weighted by molar-refractivity contribution is 5.85. The van der Waals surface area contributed by atoms with E-state index in [2.05, 4.69) is 10.2 Å². The predicted octanol–water partition coefficient (Wildman–Crippen LogP) is 2.07. The van der Waals surface area contributed by atoms with Crippen LogP contribution in [0.3, 0.4) is 0 Å². The maximum Gasteiger partial charge on any atom is 0.222 e. The van der Waals surface area contributed by atoms with Crippen LogP contribution < -0.4 is 5.32 Å². The molecule has 1 amide bonds. The van der Waals surface area contributed by atoms with Gasteiger partial charge in [-0.3, -0.25) is 4.79 Å². The van der Waals surface area contributed by atoms with Gasteiger partial charge in [-0.2, -0.15) is 0 Å². The monoisotopic (exact) mass is 316 g/mol. The maximum absolute atomic E-state index is 12.4. The van der Waals surface area contributed by atoms with Crippen LogP contribution in [0.25, 0.3) is 0 Å². The minimum Gasteiger partial charge on any atom is -0.381 e. The molecule has 2 atom stereocenters. The first-order valence-corrected chi connectivity index (χ1v) is 8.39. The summed E-state index contributed by atoms with van der Waals surface area (Å²) in [5.41, 5.74) is 0. The molecule has 0 unspecified atom stereocenters. The Hall–Kier alpha value is -0.320.